The number of nitrogens with two attached hydrogens (primary N) is 1. The first-order valence-corrected chi connectivity index (χ1v) is 9.13. The summed E-state index contributed by atoms with van der Waals surface area (Å²) in [7, 11) is 0. The number of rotatable bonds is 8. The Morgan fingerprint density at radius 2 is 1.97 bits per heavy atom. The van der Waals surface area contributed by atoms with Crippen LogP contribution in [0.25, 0.3) is 5.70 Å². The third-order valence-corrected chi connectivity index (χ3v) is 4.27. The van der Waals surface area contributed by atoms with Crippen molar-refractivity contribution >= 4 is 23.4 Å². The van der Waals surface area contributed by atoms with Crippen LogP contribution in [0.3, 0.4) is 0 Å². The summed E-state index contributed by atoms with van der Waals surface area (Å²) in [5.41, 5.74) is 8.08. The van der Waals surface area contributed by atoms with Gasteiger partial charge in [0.05, 0.1) is 12.1 Å². The highest BCUT2D eigenvalue weighted by atomic mass is 16.4. The second-order valence-electron chi connectivity index (χ2n) is 6.58. The number of carbonyl (C=O) groups is 2. The smallest absolute Gasteiger partial charge is 0.371 e. The minimum Gasteiger partial charge on any atom is -0.475 e. The fourth-order valence-electron chi connectivity index (χ4n) is 2.87. The molecule has 5 N–H and O–H groups in total. The maximum absolute atomic E-state index is 12.6. The Labute approximate surface area is 167 Å². The maximum Gasteiger partial charge on any atom is 0.371 e. The molecule has 29 heavy (non-hydrogen) atoms. The van der Waals surface area contributed by atoms with E-state index in [4.69, 9.17) is 15.3 Å². The lowest BCUT2D eigenvalue weighted by Crippen LogP contribution is -2.14. The number of imidazole rings is 1. The fourth-order valence-corrected chi connectivity index (χ4v) is 2.87. The van der Waals surface area contributed by atoms with Crippen molar-refractivity contribution in [2.75, 3.05) is 5.32 Å². The van der Waals surface area contributed by atoms with E-state index < -0.39 is 5.97 Å². The van der Waals surface area contributed by atoms with E-state index in [-0.39, 0.29) is 29.6 Å². The van der Waals surface area contributed by atoms with Crippen LogP contribution in [0.4, 0.5) is 5.82 Å². The molecular formula is C21H22N4O4. The standard InChI is InChI=1S/C21H22N4O4/c1-3-4-13-5-7-14(8-6-13)20(26)25-19-18(12(2)22)23-17(24-19)11-15-9-10-16(29-15)21(27)28/h5-10H,2-4,11,22H2,1H3,(H,23,24)(H,25,26)(H,27,28). The largest absolute Gasteiger partial charge is 0.475 e. The Bertz CT molecular complexity index is 1050. The molecule has 0 aliphatic heterocycles. The predicted molar refractivity (Wildman–Crippen MR) is 109 cm³/mol. The number of furan rings is 1. The molecule has 0 aliphatic carbocycles. The van der Waals surface area contributed by atoms with Gasteiger partial charge in [-0.05, 0) is 36.2 Å². The van der Waals surface area contributed by atoms with Crippen molar-refractivity contribution in [3.63, 3.8) is 0 Å². The van der Waals surface area contributed by atoms with Crippen molar-refractivity contribution in [2.45, 2.75) is 26.2 Å². The van der Waals surface area contributed by atoms with Gasteiger partial charge in [0, 0.05) is 5.56 Å². The van der Waals surface area contributed by atoms with Crippen LogP contribution in [-0.4, -0.2) is 27.0 Å². The van der Waals surface area contributed by atoms with Crippen LogP contribution in [-0.2, 0) is 12.8 Å². The molecule has 0 saturated heterocycles. The quantitative estimate of drug-likeness (QED) is 0.462. The Balaban J connectivity index is 1.78. The highest BCUT2D eigenvalue weighted by molar-refractivity contribution is 6.04. The summed E-state index contributed by atoms with van der Waals surface area (Å²) in [6, 6.07) is 10.3. The molecule has 0 radical (unpaired) electrons. The van der Waals surface area contributed by atoms with Crippen molar-refractivity contribution in [1.82, 2.24) is 9.97 Å². The Kier molecular flexibility index (Phi) is 5.82. The number of amides is 1. The molecule has 150 valence electrons. The lowest BCUT2D eigenvalue weighted by Gasteiger charge is -2.06. The van der Waals surface area contributed by atoms with Crippen LogP contribution in [0.2, 0.25) is 0 Å². The Morgan fingerprint density at radius 1 is 1.24 bits per heavy atom. The normalized spacial score (nSPS) is 10.7. The fraction of sp³-hybridized carbons (Fsp3) is 0.190. The zero-order valence-electron chi connectivity index (χ0n) is 16.0. The Hall–Kier alpha value is -3.81. The molecule has 2 heterocycles. The van der Waals surface area contributed by atoms with Crippen LogP contribution in [0.5, 0.6) is 0 Å². The summed E-state index contributed by atoms with van der Waals surface area (Å²) in [5, 5.41) is 11.7. The number of aromatic amines is 1. The minimum atomic E-state index is -1.15. The molecule has 0 aliphatic rings. The number of benzene rings is 1. The van der Waals surface area contributed by atoms with Crippen molar-refractivity contribution < 1.29 is 19.1 Å². The number of nitrogens with one attached hydrogen (secondary N) is 2. The number of aromatic carboxylic acids is 1. The van der Waals surface area contributed by atoms with Gasteiger partial charge in [-0.25, -0.2) is 9.78 Å². The summed E-state index contributed by atoms with van der Waals surface area (Å²) >= 11 is 0. The maximum atomic E-state index is 12.6. The first-order valence-electron chi connectivity index (χ1n) is 9.13. The van der Waals surface area contributed by atoms with E-state index >= 15 is 0 Å². The van der Waals surface area contributed by atoms with Crippen molar-refractivity contribution in [1.29, 1.82) is 0 Å². The van der Waals surface area contributed by atoms with Crippen molar-refractivity contribution in [3.05, 3.63) is 77.1 Å². The molecule has 0 spiro atoms. The highest BCUT2D eigenvalue weighted by Crippen LogP contribution is 2.21. The third-order valence-electron chi connectivity index (χ3n) is 4.27. The van der Waals surface area contributed by atoms with Crippen LogP contribution in [0.15, 0.2) is 47.4 Å². The van der Waals surface area contributed by atoms with Gasteiger partial charge in [0.15, 0.2) is 5.82 Å². The van der Waals surface area contributed by atoms with Gasteiger partial charge in [-0.3, -0.25) is 4.79 Å². The van der Waals surface area contributed by atoms with Crippen LogP contribution in [0.1, 0.15) is 57.1 Å². The molecule has 0 fully saturated rings. The molecule has 8 nitrogen and oxygen atoms in total. The topological polar surface area (TPSA) is 134 Å². The average molecular weight is 394 g/mol. The van der Waals surface area contributed by atoms with Gasteiger partial charge in [-0.2, -0.15) is 0 Å². The number of carboxylic acids is 1. The van der Waals surface area contributed by atoms with Crippen molar-refractivity contribution in [3.8, 4) is 0 Å². The van der Waals surface area contributed by atoms with Gasteiger partial charge in [-0.1, -0.05) is 32.1 Å². The molecule has 3 rings (SSSR count). The lowest BCUT2D eigenvalue weighted by molar-refractivity contribution is 0.0660. The monoisotopic (exact) mass is 394 g/mol. The van der Waals surface area contributed by atoms with Gasteiger partial charge < -0.3 is 25.6 Å². The van der Waals surface area contributed by atoms with Crippen molar-refractivity contribution in [2.24, 2.45) is 5.73 Å². The minimum absolute atomic E-state index is 0.157. The van der Waals surface area contributed by atoms with Crippen LogP contribution in [0, 0.1) is 0 Å². The Morgan fingerprint density at radius 3 is 2.55 bits per heavy atom. The zero-order valence-corrected chi connectivity index (χ0v) is 16.0. The number of carboxylic acid groups (broad SMARTS) is 1. The molecule has 0 saturated carbocycles. The highest BCUT2D eigenvalue weighted by Gasteiger charge is 2.17. The van der Waals surface area contributed by atoms with E-state index in [1.807, 2.05) is 12.1 Å². The van der Waals surface area contributed by atoms with Gasteiger partial charge in [0.2, 0.25) is 5.76 Å². The number of anilines is 1. The molecule has 0 unspecified atom stereocenters. The molecular weight excluding hydrogens is 372 g/mol. The number of aromatic nitrogens is 2. The third kappa shape index (κ3) is 4.73. The number of aryl methyl sites for hydroxylation is 1. The SMILES string of the molecule is C=C(N)c1[nH]c(Cc2ccc(C(=O)O)o2)nc1NC(=O)c1ccc(CCC)cc1. The molecule has 0 bridgehead atoms. The first kappa shape index (κ1) is 19.9. The van der Waals surface area contributed by atoms with E-state index in [0.29, 0.717) is 22.8 Å². The summed E-state index contributed by atoms with van der Waals surface area (Å²) in [6.07, 6.45) is 2.19. The van der Waals surface area contributed by atoms with E-state index in [1.165, 1.54) is 11.6 Å². The summed E-state index contributed by atoms with van der Waals surface area (Å²) < 4.78 is 5.24. The molecule has 2 aromatic heterocycles. The molecule has 3 aromatic rings. The summed E-state index contributed by atoms with van der Waals surface area (Å²) in [5.74, 6) is -0.513. The molecule has 8 heteroatoms. The van der Waals surface area contributed by atoms with E-state index in [2.05, 4.69) is 28.8 Å². The van der Waals surface area contributed by atoms with E-state index in [9.17, 15) is 9.59 Å². The number of nitrogens with zero attached hydrogens (tertiary/aromatic N) is 1. The van der Waals surface area contributed by atoms with Gasteiger partial charge in [-0.15, -0.1) is 0 Å². The number of H-pyrrole nitrogens is 1. The van der Waals surface area contributed by atoms with Crippen LogP contribution < -0.4 is 11.1 Å². The molecule has 1 amide bonds. The predicted octanol–water partition coefficient (Wildman–Crippen LogP) is 3.43. The second kappa shape index (κ2) is 8.47. The van der Waals surface area contributed by atoms with Crippen LogP contribution >= 0.6 is 0 Å². The van der Waals surface area contributed by atoms with Gasteiger partial charge >= 0.3 is 5.97 Å². The summed E-state index contributed by atoms with van der Waals surface area (Å²) in [6.45, 7) is 5.80. The average Bonchev–Trinajstić information content (AvgIpc) is 3.30. The van der Waals surface area contributed by atoms with E-state index in [1.54, 1.807) is 18.2 Å². The van der Waals surface area contributed by atoms with Gasteiger partial charge in [0.25, 0.3) is 5.91 Å². The second-order valence-corrected chi connectivity index (χ2v) is 6.58. The number of hydrogen-bond acceptors (Lipinski definition) is 5. The zero-order chi connectivity index (χ0) is 21.0. The molecule has 0 atom stereocenters. The number of hydrogen-bond donors (Lipinski definition) is 4. The first-order chi connectivity index (χ1) is 13.9. The number of carbonyl (C=O) groups excluding carboxylic acids is 1. The molecule has 1 aromatic carbocycles. The summed E-state index contributed by atoms with van der Waals surface area (Å²) in [4.78, 5) is 30.9. The van der Waals surface area contributed by atoms with E-state index in [0.717, 1.165) is 12.8 Å². The van der Waals surface area contributed by atoms with Gasteiger partial charge in [0.1, 0.15) is 17.3 Å². The lowest BCUT2D eigenvalue weighted by atomic mass is 10.1.